The van der Waals surface area contributed by atoms with Crippen molar-refractivity contribution in [3.8, 4) is 28.9 Å². The second kappa shape index (κ2) is 9.39. The van der Waals surface area contributed by atoms with E-state index in [0.717, 1.165) is 11.4 Å². The van der Waals surface area contributed by atoms with E-state index in [1.165, 1.54) is 14.2 Å². The van der Waals surface area contributed by atoms with Gasteiger partial charge in [0.25, 0.3) is 5.91 Å². The minimum absolute atomic E-state index is 0.286. The van der Waals surface area contributed by atoms with Gasteiger partial charge in [-0.1, -0.05) is 0 Å². The number of carbonyl (C=O) groups is 1. The molecule has 1 N–H and O–H groups in total. The normalized spacial score (nSPS) is 10.5. The minimum atomic E-state index is -0.286. The minimum Gasteiger partial charge on any atom is -0.497 e. The molecule has 0 saturated heterocycles. The molecule has 1 amide bonds. The van der Waals surface area contributed by atoms with E-state index in [9.17, 15) is 4.79 Å². The third-order valence-corrected chi connectivity index (χ3v) is 4.80. The van der Waals surface area contributed by atoms with Crippen molar-refractivity contribution >= 4 is 11.6 Å². The van der Waals surface area contributed by atoms with Gasteiger partial charge >= 0.3 is 0 Å². The van der Waals surface area contributed by atoms with E-state index in [2.05, 4.69) is 20.6 Å². The van der Waals surface area contributed by atoms with Crippen molar-refractivity contribution < 1.29 is 19.0 Å². The molecule has 0 spiro atoms. The van der Waals surface area contributed by atoms with Crippen molar-refractivity contribution in [3.63, 3.8) is 0 Å². The summed E-state index contributed by atoms with van der Waals surface area (Å²) in [7, 11) is 3.07. The van der Waals surface area contributed by atoms with Crippen LogP contribution in [0.1, 0.15) is 21.7 Å². The van der Waals surface area contributed by atoms with Gasteiger partial charge in [-0.25, -0.2) is 4.68 Å². The Morgan fingerprint density at radius 2 is 1.55 bits per heavy atom. The molecular weight excluding hydrogens is 422 g/mol. The van der Waals surface area contributed by atoms with Crippen molar-refractivity contribution in [1.29, 1.82) is 0 Å². The molecule has 0 fully saturated rings. The number of amides is 1. The number of rotatable bonds is 7. The van der Waals surface area contributed by atoms with E-state index >= 15 is 0 Å². The molecule has 4 rings (SSSR count). The lowest BCUT2D eigenvalue weighted by atomic mass is 10.1. The van der Waals surface area contributed by atoms with E-state index in [0.29, 0.717) is 40.2 Å². The number of nitrogens with zero attached hydrogens (tertiary/aromatic N) is 4. The molecule has 4 aromatic rings. The zero-order valence-corrected chi connectivity index (χ0v) is 18.7. The number of hydrogen-bond acceptors (Lipinski definition) is 7. The third-order valence-electron chi connectivity index (χ3n) is 4.80. The van der Waals surface area contributed by atoms with Gasteiger partial charge in [-0.15, -0.1) is 10.2 Å². The average molecular weight is 445 g/mol. The Hall–Kier alpha value is -4.40. The second-order valence-corrected chi connectivity index (χ2v) is 7.25. The summed E-state index contributed by atoms with van der Waals surface area (Å²) in [4.78, 5) is 12.6. The quantitative estimate of drug-likeness (QED) is 0.452. The largest absolute Gasteiger partial charge is 0.497 e. The van der Waals surface area contributed by atoms with Gasteiger partial charge in [-0.2, -0.15) is 5.10 Å². The van der Waals surface area contributed by atoms with E-state index in [1.807, 2.05) is 19.9 Å². The lowest BCUT2D eigenvalue weighted by Crippen LogP contribution is -2.12. The number of aromatic nitrogens is 4. The van der Waals surface area contributed by atoms with Gasteiger partial charge in [-0.3, -0.25) is 4.79 Å². The molecule has 0 unspecified atom stereocenters. The van der Waals surface area contributed by atoms with E-state index in [1.54, 1.807) is 59.3 Å². The zero-order chi connectivity index (χ0) is 23.4. The van der Waals surface area contributed by atoms with Crippen molar-refractivity contribution in [3.05, 3.63) is 77.6 Å². The fourth-order valence-corrected chi connectivity index (χ4v) is 3.21. The summed E-state index contributed by atoms with van der Waals surface area (Å²) in [5.41, 5.74) is 2.91. The van der Waals surface area contributed by atoms with Gasteiger partial charge in [0.1, 0.15) is 17.2 Å². The Kier molecular flexibility index (Phi) is 6.21. The number of carbonyl (C=O) groups excluding carboxylic acids is 1. The number of aryl methyl sites for hydroxylation is 2. The van der Waals surface area contributed by atoms with Crippen LogP contribution in [0, 0.1) is 13.8 Å². The van der Waals surface area contributed by atoms with Gasteiger partial charge < -0.3 is 19.5 Å². The summed E-state index contributed by atoms with van der Waals surface area (Å²) in [6.07, 6.45) is 0. The van der Waals surface area contributed by atoms with Gasteiger partial charge in [0.15, 0.2) is 5.82 Å². The van der Waals surface area contributed by atoms with Gasteiger partial charge in [0, 0.05) is 29.1 Å². The van der Waals surface area contributed by atoms with E-state index in [-0.39, 0.29) is 5.91 Å². The van der Waals surface area contributed by atoms with Crippen molar-refractivity contribution in [2.75, 3.05) is 19.5 Å². The molecule has 0 aliphatic heterocycles. The van der Waals surface area contributed by atoms with Crippen LogP contribution in [0.5, 0.6) is 23.1 Å². The van der Waals surface area contributed by atoms with Crippen LogP contribution in [0.25, 0.3) is 5.82 Å². The molecule has 2 heterocycles. The van der Waals surface area contributed by atoms with Crippen molar-refractivity contribution in [1.82, 2.24) is 20.0 Å². The predicted molar refractivity (Wildman–Crippen MR) is 123 cm³/mol. The molecule has 0 saturated carbocycles. The first-order valence-corrected chi connectivity index (χ1v) is 10.1. The van der Waals surface area contributed by atoms with Crippen LogP contribution in [0.15, 0.2) is 60.7 Å². The van der Waals surface area contributed by atoms with Gasteiger partial charge in [0.05, 0.1) is 19.9 Å². The molecule has 168 valence electrons. The fourth-order valence-electron chi connectivity index (χ4n) is 3.21. The van der Waals surface area contributed by atoms with Crippen LogP contribution in [0.4, 0.5) is 5.69 Å². The topological polar surface area (TPSA) is 100 Å². The molecule has 2 aromatic heterocycles. The Morgan fingerprint density at radius 1 is 0.848 bits per heavy atom. The second-order valence-electron chi connectivity index (χ2n) is 7.25. The maximum atomic E-state index is 12.6. The first-order chi connectivity index (χ1) is 15.9. The molecule has 9 heteroatoms. The van der Waals surface area contributed by atoms with Gasteiger partial charge in [-0.05, 0) is 62.4 Å². The Labute approximate surface area is 190 Å². The van der Waals surface area contributed by atoms with Crippen LogP contribution in [0.2, 0.25) is 0 Å². The van der Waals surface area contributed by atoms with Crippen molar-refractivity contribution in [2.45, 2.75) is 13.8 Å². The highest BCUT2D eigenvalue weighted by Crippen LogP contribution is 2.25. The average Bonchev–Trinajstić information content (AvgIpc) is 3.18. The van der Waals surface area contributed by atoms with Crippen LogP contribution < -0.4 is 19.5 Å². The van der Waals surface area contributed by atoms with Crippen LogP contribution in [0.3, 0.4) is 0 Å². The molecule has 0 atom stereocenters. The third kappa shape index (κ3) is 5.09. The number of nitrogens with one attached hydrogen (secondary N) is 1. The zero-order valence-electron chi connectivity index (χ0n) is 18.7. The molecule has 0 aliphatic carbocycles. The SMILES string of the molecule is COc1cc(OC)cc(C(=O)Nc2ccc(Oc3ccc(-n4nc(C)cc4C)nn3)cc2)c1. The summed E-state index contributed by atoms with van der Waals surface area (Å²) in [5, 5.41) is 15.5. The van der Waals surface area contributed by atoms with Crippen LogP contribution >= 0.6 is 0 Å². The first kappa shape index (κ1) is 21.8. The molecule has 0 aliphatic rings. The lowest BCUT2D eigenvalue weighted by Gasteiger charge is -2.10. The van der Waals surface area contributed by atoms with Crippen LogP contribution in [-0.4, -0.2) is 40.1 Å². The Balaban J connectivity index is 1.41. The van der Waals surface area contributed by atoms with Gasteiger partial charge in [0.2, 0.25) is 5.88 Å². The lowest BCUT2D eigenvalue weighted by molar-refractivity contribution is 0.102. The molecular formula is C24H23N5O4. The number of methoxy groups -OCH3 is 2. The highest BCUT2D eigenvalue weighted by molar-refractivity contribution is 6.04. The summed E-state index contributed by atoms with van der Waals surface area (Å²) >= 11 is 0. The van der Waals surface area contributed by atoms with E-state index < -0.39 is 0 Å². The standard InChI is InChI=1S/C24H23N5O4/c1-15-11-16(2)29(28-15)22-9-10-23(27-26-22)33-19-7-5-18(6-8-19)25-24(30)17-12-20(31-3)14-21(13-17)32-4/h5-14H,1-4H3,(H,25,30). The summed E-state index contributed by atoms with van der Waals surface area (Å²) in [5.74, 6) is 2.30. The highest BCUT2D eigenvalue weighted by Gasteiger charge is 2.11. The number of anilines is 1. The Bertz CT molecular complexity index is 1250. The summed E-state index contributed by atoms with van der Waals surface area (Å²) in [6, 6.07) is 17.4. The maximum Gasteiger partial charge on any atom is 0.255 e. The maximum absolute atomic E-state index is 12.6. The number of hydrogen-bond donors (Lipinski definition) is 1. The smallest absolute Gasteiger partial charge is 0.255 e. The first-order valence-electron chi connectivity index (χ1n) is 10.1. The van der Waals surface area contributed by atoms with Crippen LogP contribution in [-0.2, 0) is 0 Å². The number of ether oxygens (including phenoxy) is 3. The predicted octanol–water partition coefficient (Wildman–Crippen LogP) is 4.34. The monoisotopic (exact) mass is 445 g/mol. The molecule has 0 bridgehead atoms. The summed E-state index contributed by atoms with van der Waals surface area (Å²) in [6.45, 7) is 3.88. The summed E-state index contributed by atoms with van der Waals surface area (Å²) < 4.78 is 17.9. The molecule has 2 aromatic carbocycles. The number of benzene rings is 2. The van der Waals surface area contributed by atoms with E-state index in [4.69, 9.17) is 14.2 Å². The van der Waals surface area contributed by atoms with Crippen molar-refractivity contribution in [2.24, 2.45) is 0 Å². The Morgan fingerprint density at radius 3 is 2.09 bits per heavy atom. The molecule has 9 nitrogen and oxygen atoms in total. The fraction of sp³-hybridized carbons (Fsp3) is 0.167. The highest BCUT2D eigenvalue weighted by atomic mass is 16.5. The molecule has 0 radical (unpaired) electrons. The molecule has 33 heavy (non-hydrogen) atoms.